The van der Waals surface area contributed by atoms with Crippen LogP contribution in [0.5, 0.6) is 5.75 Å². The summed E-state index contributed by atoms with van der Waals surface area (Å²) in [6.45, 7) is 5.87. The van der Waals surface area contributed by atoms with Crippen molar-refractivity contribution in [3.8, 4) is 5.75 Å². The smallest absolute Gasteiger partial charge is 0.139 e. The van der Waals surface area contributed by atoms with Crippen LogP contribution in [0, 0.1) is 5.53 Å². The Balaban J connectivity index is 1.84. The number of anilines is 1. The Morgan fingerprint density at radius 1 is 1.52 bits per heavy atom. The molecule has 0 saturated carbocycles. The van der Waals surface area contributed by atoms with Crippen LogP contribution in [0.3, 0.4) is 0 Å². The van der Waals surface area contributed by atoms with Gasteiger partial charge in [-0.25, -0.2) is 5.53 Å². The van der Waals surface area contributed by atoms with E-state index in [1.807, 2.05) is 6.07 Å². The molecule has 0 spiro atoms. The first-order valence-corrected chi connectivity index (χ1v) is 8.86. The quantitative estimate of drug-likeness (QED) is 0.460. The number of unbranched alkanes of at least 4 members (excludes halogenated alkanes) is 1. The van der Waals surface area contributed by atoms with Gasteiger partial charge in [-0.2, -0.15) is 5.11 Å². The van der Waals surface area contributed by atoms with E-state index in [-0.39, 0.29) is 6.67 Å². The van der Waals surface area contributed by atoms with Crippen molar-refractivity contribution in [2.75, 3.05) is 25.1 Å². The van der Waals surface area contributed by atoms with Crippen LogP contribution < -0.4 is 10.1 Å². The van der Waals surface area contributed by atoms with Crippen molar-refractivity contribution in [2.24, 2.45) is 5.11 Å². The van der Waals surface area contributed by atoms with Crippen LogP contribution in [0.1, 0.15) is 39.5 Å². The van der Waals surface area contributed by atoms with Crippen molar-refractivity contribution in [1.82, 2.24) is 9.88 Å². The zero-order valence-corrected chi connectivity index (χ0v) is 15.0. The number of ether oxygens (including phenoxy) is 1. The summed E-state index contributed by atoms with van der Waals surface area (Å²) in [6.07, 6.45) is 7.98. The van der Waals surface area contributed by atoms with E-state index >= 15 is 0 Å². The monoisotopic (exact) mass is 349 g/mol. The molecule has 138 valence electrons. The molecule has 1 aliphatic rings. The fourth-order valence-corrected chi connectivity index (χ4v) is 2.82. The molecule has 1 atom stereocenters. The first-order chi connectivity index (χ1) is 12.1. The van der Waals surface area contributed by atoms with E-state index in [1.54, 1.807) is 18.6 Å². The standard InChI is InChI=1S/C18H28FN5O/c1-14(2)24-8-6-17(24)13-25-18-9-16(10-21-12-18)22-11-15(23-20)5-3-4-7-19/h9-12,14,17,20,22H,3-8,13H2,1-2H3/b15-11-,23-20?/t17-/m0/s1. The third kappa shape index (κ3) is 6.08. The highest BCUT2D eigenvalue weighted by molar-refractivity contribution is 5.47. The Kier molecular flexibility index (Phi) is 7.78. The number of nitrogens with one attached hydrogen (secondary N) is 2. The summed E-state index contributed by atoms with van der Waals surface area (Å²) in [6, 6.07) is 2.90. The van der Waals surface area contributed by atoms with Crippen molar-refractivity contribution in [3.05, 3.63) is 30.4 Å². The van der Waals surface area contributed by atoms with Crippen molar-refractivity contribution >= 4 is 5.69 Å². The van der Waals surface area contributed by atoms with Crippen LogP contribution in [0.25, 0.3) is 0 Å². The number of hydrogen-bond acceptors (Lipinski definition) is 6. The Labute approximate surface area is 149 Å². The molecular weight excluding hydrogens is 321 g/mol. The minimum absolute atomic E-state index is 0.336. The maximum atomic E-state index is 12.1. The molecule has 25 heavy (non-hydrogen) atoms. The van der Waals surface area contributed by atoms with Crippen LogP contribution in [0.15, 0.2) is 35.5 Å². The number of halogens is 1. The zero-order chi connectivity index (χ0) is 18.1. The minimum atomic E-state index is -0.336. The average molecular weight is 349 g/mol. The van der Waals surface area contributed by atoms with Crippen molar-refractivity contribution in [3.63, 3.8) is 0 Å². The number of pyridine rings is 1. The van der Waals surface area contributed by atoms with Crippen LogP contribution in [0.4, 0.5) is 10.1 Å². The number of likely N-dealkylation sites (tertiary alicyclic amines) is 1. The summed E-state index contributed by atoms with van der Waals surface area (Å²) in [5, 5.41) is 6.55. The third-order valence-electron chi connectivity index (χ3n) is 4.37. The van der Waals surface area contributed by atoms with E-state index in [2.05, 4.69) is 34.2 Å². The molecular formula is C18H28FN5O. The SMILES string of the molecule is CC(C)N1CC[C@H]1COc1cncc(N/C=C(/CCCCF)N=N)c1. The van der Waals surface area contributed by atoms with Crippen LogP contribution in [-0.2, 0) is 0 Å². The highest BCUT2D eigenvalue weighted by Gasteiger charge is 2.30. The molecule has 2 heterocycles. The minimum Gasteiger partial charge on any atom is -0.490 e. The number of hydrogen-bond donors (Lipinski definition) is 2. The second kappa shape index (κ2) is 10.1. The van der Waals surface area contributed by atoms with Gasteiger partial charge in [0.05, 0.1) is 30.5 Å². The van der Waals surface area contributed by atoms with E-state index in [9.17, 15) is 4.39 Å². The highest BCUT2D eigenvalue weighted by atomic mass is 19.1. The van der Waals surface area contributed by atoms with Crippen molar-refractivity contribution in [1.29, 1.82) is 5.53 Å². The van der Waals surface area contributed by atoms with Gasteiger partial charge in [0, 0.05) is 30.9 Å². The van der Waals surface area contributed by atoms with Crippen LogP contribution in [-0.4, -0.2) is 41.8 Å². The number of alkyl halides is 1. The van der Waals surface area contributed by atoms with Gasteiger partial charge in [0.25, 0.3) is 0 Å². The maximum Gasteiger partial charge on any atom is 0.139 e. The van der Waals surface area contributed by atoms with Gasteiger partial charge in [-0.1, -0.05) is 0 Å². The number of nitrogens with zero attached hydrogens (tertiary/aromatic N) is 3. The Morgan fingerprint density at radius 3 is 3.00 bits per heavy atom. The largest absolute Gasteiger partial charge is 0.490 e. The lowest BCUT2D eigenvalue weighted by molar-refractivity contribution is 0.0241. The summed E-state index contributed by atoms with van der Waals surface area (Å²) < 4.78 is 18.0. The Bertz CT molecular complexity index is 578. The molecule has 0 amide bonds. The fraction of sp³-hybridized carbons (Fsp3) is 0.611. The summed E-state index contributed by atoms with van der Waals surface area (Å²) >= 11 is 0. The lowest BCUT2D eigenvalue weighted by Crippen LogP contribution is -2.54. The van der Waals surface area contributed by atoms with E-state index < -0.39 is 0 Å². The first kappa shape index (κ1) is 19.3. The molecule has 2 rings (SSSR count). The molecule has 0 aliphatic carbocycles. The van der Waals surface area contributed by atoms with Crippen molar-refractivity contribution in [2.45, 2.75) is 51.6 Å². The first-order valence-electron chi connectivity index (χ1n) is 8.86. The molecule has 1 saturated heterocycles. The highest BCUT2D eigenvalue weighted by Crippen LogP contribution is 2.23. The van der Waals surface area contributed by atoms with Gasteiger partial charge in [-0.05, 0) is 39.5 Å². The topological polar surface area (TPSA) is 73.6 Å². The number of rotatable bonds is 11. The predicted molar refractivity (Wildman–Crippen MR) is 96.7 cm³/mol. The van der Waals surface area contributed by atoms with Gasteiger partial charge >= 0.3 is 0 Å². The van der Waals surface area contributed by atoms with Gasteiger partial charge in [-0.3, -0.25) is 14.3 Å². The van der Waals surface area contributed by atoms with Gasteiger partial charge in [0.2, 0.25) is 0 Å². The zero-order valence-electron chi connectivity index (χ0n) is 15.0. The summed E-state index contributed by atoms with van der Waals surface area (Å²) in [4.78, 5) is 6.61. The average Bonchev–Trinajstić information content (AvgIpc) is 2.57. The molecule has 1 aromatic heterocycles. The number of aromatic nitrogens is 1. The van der Waals surface area contributed by atoms with Crippen LogP contribution in [0.2, 0.25) is 0 Å². The Morgan fingerprint density at radius 2 is 2.36 bits per heavy atom. The molecule has 6 nitrogen and oxygen atoms in total. The molecule has 2 N–H and O–H groups in total. The summed E-state index contributed by atoms with van der Waals surface area (Å²) in [5.41, 5.74) is 8.54. The normalized spacial score (nSPS) is 18.1. The van der Waals surface area contributed by atoms with Gasteiger partial charge in [-0.15, -0.1) is 0 Å². The molecule has 1 aromatic rings. The molecule has 1 aliphatic heterocycles. The maximum absolute atomic E-state index is 12.1. The van der Waals surface area contributed by atoms with Gasteiger partial charge in [0.15, 0.2) is 0 Å². The molecule has 0 aromatic carbocycles. The molecule has 0 unspecified atom stereocenters. The third-order valence-corrected chi connectivity index (χ3v) is 4.37. The molecule has 1 fully saturated rings. The van der Waals surface area contributed by atoms with Gasteiger partial charge in [0.1, 0.15) is 12.4 Å². The second-order valence-electron chi connectivity index (χ2n) is 6.53. The van der Waals surface area contributed by atoms with E-state index in [0.29, 0.717) is 43.7 Å². The lowest BCUT2D eigenvalue weighted by Gasteiger charge is -2.43. The lowest BCUT2D eigenvalue weighted by atomic mass is 10.0. The fourth-order valence-electron chi connectivity index (χ4n) is 2.82. The molecule has 0 bridgehead atoms. The van der Waals surface area contributed by atoms with E-state index in [1.165, 1.54) is 6.42 Å². The molecule has 7 heteroatoms. The van der Waals surface area contributed by atoms with Crippen LogP contribution >= 0.6 is 0 Å². The molecule has 0 radical (unpaired) electrons. The van der Waals surface area contributed by atoms with Gasteiger partial charge < -0.3 is 10.1 Å². The van der Waals surface area contributed by atoms with Crippen molar-refractivity contribution < 1.29 is 9.13 Å². The predicted octanol–water partition coefficient (Wildman–Crippen LogP) is 4.37. The Hall–Kier alpha value is -2.02. The van der Waals surface area contributed by atoms with E-state index in [0.717, 1.165) is 18.0 Å². The van der Waals surface area contributed by atoms with E-state index in [4.69, 9.17) is 10.3 Å². The second-order valence-corrected chi connectivity index (χ2v) is 6.53. The summed E-state index contributed by atoms with van der Waals surface area (Å²) in [5.74, 6) is 0.718. The summed E-state index contributed by atoms with van der Waals surface area (Å²) in [7, 11) is 0. The number of allylic oxidation sites excluding steroid dienone is 1.